The number of benzene rings is 2. The SMILES string of the molecule is Clc1ccc(C=NNc2nnnn2-c2ccccc2)c(Cl)c1. The van der Waals surface area contributed by atoms with Crippen LogP contribution in [0.25, 0.3) is 5.69 Å². The molecule has 3 rings (SSSR count). The average molecular weight is 333 g/mol. The molecule has 22 heavy (non-hydrogen) atoms. The lowest BCUT2D eigenvalue weighted by Crippen LogP contribution is -2.03. The second-order valence-corrected chi connectivity index (χ2v) is 5.13. The monoisotopic (exact) mass is 332 g/mol. The van der Waals surface area contributed by atoms with Gasteiger partial charge in [-0.2, -0.15) is 9.78 Å². The third kappa shape index (κ3) is 3.24. The molecule has 0 unspecified atom stereocenters. The van der Waals surface area contributed by atoms with Crippen LogP contribution >= 0.6 is 23.2 Å². The number of rotatable bonds is 4. The summed E-state index contributed by atoms with van der Waals surface area (Å²) in [6.07, 6.45) is 1.57. The Bertz CT molecular complexity index is 800. The standard InChI is InChI=1S/C14H10Cl2N6/c15-11-7-6-10(13(16)8-11)9-17-18-14-19-20-21-22(14)12-4-2-1-3-5-12/h1-9H,(H,18,19,21). The lowest BCUT2D eigenvalue weighted by molar-refractivity contribution is 0.790. The number of aromatic nitrogens is 4. The zero-order valence-electron chi connectivity index (χ0n) is 11.2. The zero-order valence-corrected chi connectivity index (χ0v) is 12.7. The molecule has 1 heterocycles. The predicted molar refractivity (Wildman–Crippen MR) is 86.8 cm³/mol. The van der Waals surface area contributed by atoms with Crippen molar-refractivity contribution in [3.8, 4) is 5.69 Å². The van der Waals surface area contributed by atoms with E-state index in [4.69, 9.17) is 23.2 Å². The van der Waals surface area contributed by atoms with Crippen LogP contribution in [-0.2, 0) is 0 Å². The van der Waals surface area contributed by atoms with Crippen molar-refractivity contribution in [2.45, 2.75) is 0 Å². The van der Waals surface area contributed by atoms with Crippen LogP contribution < -0.4 is 5.43 Å². The van der Waals surface area contributed by atoms with Crippen molar-refractivity contribution >= 4 is 35.4 Å². The number of hydrazone groups is 1. The number of anilines is 1. The van der Waals surface area contributed by atoms with Crippen molar-refractivity contribution in [3.63, 3.8) is 0 Å². The maximum atomic E-state index is 6.07. The summed E-state index contributed by atoms with van der Waals surface area (Å²) < 4.78 is 1.54. The molecule has 2 aromatic carbocycles. The Labute approximate surface area is 136 Å². The molecule has 0 spiro atoms. The highest BCUT2D eigenvalue weighted by atomic mass is 35.5. The highest BCUT2D eigenvalue weighted by molar-refractivity contribution is 6.36. The van der Waals surface area contributed by atoms with Gasteiger partial charge >= 0.3 is 0 Å². The minimum Gasteiger partial charge on any atom is -0.244 e. The Balaban J connectivity index is 1.78. The summed E-state index contributed by atoms with van der Waals surface area (Å²) in [4.78, 5) is 0. The Hall–Kier alpha value is -2.44. The minimum atomic E-state index is 0.396. The zero-order chi connectivity index (χ0) is 15.4. The second kappa shape index (κ2) is 6.55. The first kappa shape index (κ1) is 14.5. The van der Waals surface area contributed by atoms with E-state index >= 15 is 0 Å². The van der Waals surface area contributed by atoms with Crippen molar-refractivity contribution in [1.29, 1.82) is 0 Å². The largest absolute Gasteiger partial charge is 0.268 e. The summed E-state index contributed by atoms with van der Waals surface area (Å²) in [7, 11) is 0. The van der Waals surface area contributed by atoms with E-state index in [0.29, 0.717) is 16.0 Å². The van der Waals surface area contributed by atoms with Gasteiger partial charge in [-0.15, -0.1) is 0 Å². The number of nitrogens with zero attached hydrogens (tertiary/aromatic N) is 5. The quantitative estimate of drug-likeness (QED) is 0.587. The molecule has 6 nitrogen and oxygen atoms in total. The molecule has 110 valence electrons. The summed E-state index contributed by atoms with van der Waals surface area (Å²) in [6, 6.07) is 14.7. The van der Waals surface area contributed by atoms with Crippen LogP contribution in [0.5, 0.6) is 0 Å². The molecular weight excluding hydrogens is 323 g/mol. The molecule has 0 amide bonds. The molecular formula is C14H10Cl2N6. The van der Waals surface area contributed by atoms with Gasteiger partial charge in [0.15, 0.2) is 0 Å². The van der Waals surface area contributed by atoms with Gasteiger partial charge in [-0.25, -0.2) is 5.43 Å². The molecule has 1 N–H and O–H groups in total. The van der Waals surface area contributed by atoms with Gasteiger partial charge in [0.1, 0.15) is 0 Å². The van der Waals surface area contributed by atoms with Crippen LogP contribution in [0, 0.1) is 0 Å². The van der Waals surface area contributed by atoms with E-state index in [-0.39, 0.29) is 0 Å². The number of nitrogens with one attached hydrogen (secondary N) is 1. The third-order valence-electron chi connectivity index (χ3n) is 2.80. The minimum absolute atomic E-state index is 0.396. The summed E-state index contributed by atoms with van der Waals surface area (Å²) in [5.74, 6) is 0.396. The van der Waals surface area contributed by atoms with E-state index in [0.717, 1.165) is 11.3 Å². The van der Waals surface area contributed by atoms with Crippen LogP contribution in [0.1, 0.15) is 5.56 Å². The number of hydrogen-bond donors (Lipinski definition) is 1. The van der Waals surface area contributed by atoms with E-state index in [2.05, 4.69) is 26.1 Å². The predicted octanol–water partition coefficient (Wildman–Crippen LogP) is 3.42. The van der Waals surface area contributed by atoms with Crippen molar-refractivity contribution < 1.29 is 0 Å². The average Bonchev–Trinajstić information content (AvgIpc) is 2.99. The topological polar surface area (TPSA) is 68.0 Å². The fourth-order valence-corrected chi connectivity index (χ4v) is 2.22. The highest BCUT2D eigenvalue weighted by Crippen LogP contribution is 2.19. The molecule has 0 aliphatic heterocycles. The molecule has 0 radical (unpaired) electrons. The number of tetrazole rings is 1. The summed E-state index contributed by atoms with van der Waals surface area (Å²) in [5.41, 5.74) is 4.35. The van der Waals surface area contributed by atoms with Crippen LogP contribution in [0.2, 0.25) is 10.0 Å². The van der Waals surface area contributed by atoms with E-state index in [9.17, 15) is 0 Å². The summed E-state index contributed by atoms with van der Waals surface area (Å²) >= 11 is 11.9. The molecule has 0 saturated heterocycles. The summed E-state index contributed by atoms with van der Waals surface area (Å²) in [6.45, 7) is 0. The second-order valence-electron chi connectivity index (χ2n) is 4.29. The van der Waals surface area contributed by atoms with Crippen LogP contribution in [0.4, 0.5) is 5.95 Å². The van der Waals surface area contributed by atoms with Gasteiger partial charge < -0.3 is 0 Å². The van der Waals surface area contributed by atoms with Crippen LogP contribution in [0.15, 0.2) is 53.6 Å². The van der Waals surface area contributed by atoms with Gasteiger partial charge in [-0.05, 0) is 34.7 Å². The Morgan fingerprint density at radius 2 is 1.91 bits per heavy atom. The van der Waals surface area contributed by atoms with Gasteiger partial charge in [-0.3, -0.25) is 0 Å². The Morgan fingerprint density at radius 3 is 2.68 bits per heavy atom. The van der Waals surface area contributed by atoms with Gasteiger partial charge in [0.05, 0.1) is 16.9 Å². The van der Waals surface area contributed by atoms with E-state index in [1.165, 1.54) is 0 Å². The van der Waals surface area contributed by atoms with Crippen LogP contribution in [-0.4, -0.2) is 26.4 Å². The van der Waals surface area contributed by atoms with E-state index in [1.807, 2.05) is 30.3 Å². The molecule has 0 saturated carbocycles. The molecule has 1 aromatic heterocycles. The molecule has 0 aliphatic carbocycles. The van der Waals surface area contributed by atoms with Crippen molar-refractivity contribution in [2.75, 3.05) is 5.43 Å². The number of hydrogen-bond acceptors (Lipinski definition) is 5. The first-order valence-corrected chi connectivity index (χ1v) is 7.07. The first-order valence-electron chi connectivity index (χ1n) is 6.32. The molecule has 0 fully saturated rings. The Morgan fingerprint density at radius 1 is 1.09 bits per heavy atom. The highest BCUT2D eigenvalue weighted by Gasteiger charge is 2.06. The maximum absolute atomic E-state index is 6.07. The van der Waals surface area contributed by atoms with Crippen molar-refractivity contribution in [1.82, 2.24) is 20.2 Å². The number of para-hydroxylation sites is 1. The fraction of sp³-hybridized carbons (Fsp3) is 0. The van der Waals surface area contributed by atoms with Gasteiger partial charge in [-0.1, -0.05) is 52.6 Å². The lowest BCUT2D eigenvalue weighted by Gasteiger charge is -2.03. The maximum Gasteiger partial charge on any atom is 0.268 e. The molecule has 3 aromatic rings. The van der Waals surface area contributed by atoms with Crippen molar-refractivity contribution in [3.05, 3.63) is 64.1 Å². The van der Waals surface area contributed by atoms with E-state index < -0.39 is 0 Å². The number of halogens is 2. The smallest absolute Gasteiger partial charge is 0.244 e. The fourth-order valence-electron chi connectivity index (χ4n) is 1.77. The molecule has 8 heteroatoms. The molecule has 0 bridgehead atoms. The summed E-state index contributed by atoms with van der Waals surface area (Å²) in [5, 5.41) is 16.6. The Kier molecular flexibility index (Phi) is 4.32. The van der Waals surface area contributed by atoms with Crippen LogP contribution in [0.3, 0.4) is 0 Å². The van der Waals surface area contributed by atoms with Gasteiger partial charge in [0, 0.05) is 10.6 Å². The molecule has 0 atom stereocenters. The normalized spacial score (nSPS) is 11.0. The van der Waals surface area contributed by atoms with Gasteiger partial charge in [0.25, 0.3) is 5.95 Å². The van der Waals surface area contributed by atoms with Crippen molar-refractivity contribution in [2.24, 2.45) is 5.10 Å². The third-order valence-corrected chi connectivity index (χ3v) is 3.36. The van der Waals surface area contributed by atoms with E-state index in [1.54, 1.807) is 29.1 Å². The van der Waals surface area contributed by atoms with Gasteiger partial charge in [0.2, 0.25) is 0 Å². The lowest BCUT2D eigenvalue weighted by atomic mass is 10.2. The molecule has 0 aliphatic rings. The first-order chi connectivity index (χ1) is 10.7.